The standard InChI is InChI=1S/C21H19BrFN3O2/c1-28-12-2-11-26-20(14-5-9-16(23)10-6-14)17-18(24-25-19(17)21(26)27)13-3-7-15(22)8-4-13/h3-10,20H,2,11-12H2,1H3,(H,24,25). The molecule has 4 rings (SSSR count). The number of rotatable bonds is 6. The number of nitrogens with one attached hydrogen (secondary N) is 1. The summed E-state index contributed by atoms with van der Waals surface area (Å²) in [4.78, 5) is 14.9. The second-order valence-electron chi connectivity index (χ2n) is 6.67. The molecule has 0 saturated carbocycles. The van der Waals surface area contributed by atoms with Crippen LogP contribution in [0.5, 0.6) is 0 Å². The Labute approximate surface area is 170 Å². The molecule has 0 bridgehead atoms. The molecule has 0 spiro atoms. The second-order valence-corrected chi connectivity index (χ2v) is 7.58. The number of fused-ring (bicyclic) bond motifs is 1. The molecule has 0 aliphatic carbocycles. The predicted molar refractivity (Wildman–Crippen MR) is 107 cm³/mol. The first kappa shape index (κ1) is 18.8. The van der Waals surface area contributed by atoms with Gasteiger partial charge in [0.15, 0.2) is 0 Å². The number of amides is 1. The summed E-state index contributed by atoms with van der Waals surface area (Å²) in [7, 11) is 1.64. The monoisotopic (exact) mass is 443 g/mol. The predicted octanol–water partition coefficient (Wildman–Crippen LogP) is 4.56. The minimum atomic E-state index is -0.322. The van der Waals surface area contributed by atoms with Gasteiger partial charge in [-0.3, -0.25) is 9.89 Å². The zero-order valence-corrected chi connectivity index (χ0v) is 16.9. The summed E-state index contributed by atoms with van der Waals surface area (Å²) in [6.07, 6.45) is 0.714. The molecule has 1 atom stereocenters. The van der Waals surface area contributed by atoms with E-state index in [1.807, 2.05) is 24.3 Å². The van der Waals surface area contributed by atoms with E-state index in [0.29, 0.717) is 25.3 Å². The first-order valence-electron chi connectivity index (χ1n) is 8.99. The van der Waals surface area contributed by atoms with Crippen molar-refractivity contribution < 1.29 is 13.9 Å². The second kappa shape index (κ2) is 7.85. The molecule has 1 N–H and O–H groups in total. The quantitative estimate of drug-likeness (QED) is 0.568. The minimum absolute atomic E-state index is 0.101. The average Bonchev–Trinajstić information content (AvgIpc) is 3.23. The maximum Gasteiger partial charge on any atom is 0.273 e. The third kappa shape index (κ3) is 3.36. The lowest BCUT2D eigenvalue weighted by Crippen LogP contribution is -2.31. The summed E-state index contributed by atoms with van der Waals surface area (Å²) in [5.41, 5.74) is 3.82. The van der Waals surface area contributed by atoms with E-state index in [-0.39, 0.29) is 17.8 Å². The van der Waals surface area contributed by atoms with Crippen molar-refractivity contribution in [2.45, 2.75) is 12.5 Å². The average molecular weight is 444 g/mol. The Morgan fingerprint density at radius 2 is 1.89 bits per heavy atom. The third-order valence-corrected chi connectivity index (χ3v) is 5.44. The Bertz CT molecular complexity index is 986. The Morgan fingerprint density at radius 1 is 1.18 bits per heavy atom. The molecule has 0 saturated heterocycles. The Morgan fingerprint density at radius 3 is 2.57 bits per heavy atom. The number of carbonyl (C=O) groups is 1. The van der Waals surface area contributed by atoms with Gasteiger partial charge in [0, 0.05) is 35.9 Å². The van der Waals surface area contributed by atoms with Crippen LogP contribution in [0.15, 0.2) is 53.0 Å². The van der Waals surface area contributed by atoms with E-state index < -0.39 is 0 Å². The third-order valence-electron chi connectivity index (χ3n) is 4.91. The lowest BCUT2D eigenvalue weighted by Gasteiger charge is -2.26. The Balaban J connectivity index is 1.80. The molecule has 2 aromatic carbocycles. The van der Waals surface area contributed by atoms with Gasteiger partial charge < -0.3 is 9.64 Å². The summed E-state index contributed by atoms with van der Waals surface area (Å²) < 4.78 is 19.6. The Kier molecular flexibility index (Phi) is 5.28. The van der Waals surface area contributed by atoms with Gasteiger partial charge in [0.05, 0.1) is 11.7 Å². The molecule has 0 fully saturated rings. The number of methoxy groups -OCH3 is 1. The van der Waals surface area contributed by atoms with Gasteiger partial charge >= 0.3 is 0 Å². The van der Waals surface area contributed by atoms with Crippen LogP contribution in [-0.4, -0.2) is 41.3 Å². The van der Waals surface area contributed by atoms with E-state index in [9.17, 15) is 9.18 Å². The van der Waals surface area contributed by atoms with Crippen LogP contribution < -0.4 is 0 Å². The van der Waals surface area contributed by atoms with Gasteiger partial charge in [-0.15, -0.1) is 0 Å². The van der Waals surface area contributed by atoms with Crippen LogP contribution in [0.4, 0.5) is 4.39 Å². The molecule has 1 aliphatic rings. The number of aromatic amines is 1. The molecule has 5 nitrogen and oxygen atoms in total. The van der Waals surface area contributed by atoms with Crippen LogP contribution >= 0.6 is 15.9 Å². The molecule has 0 radical (unpaired) electrons. The topological polar surface area (TPSA) is 58.2 Å². The zero-order valence-electron chi connectivity index (χ0n) is 15.3. The van der Waals surface area contributed by atoms with Crippen LogP contribution in [0.25, 0.3) is 11.3 Å². The van der Waals surface area contributed by atoms with Crippen LogP contribution in [0.3, 0.4) is 0 Å². The van der Waals surface area contributed by atoms with Crippen molar-refractivity contribution in [2.75, 3.05) is 20.3 Å². The maximum atomic E-state index is 13.5. The normalized spacial score (nSPS) is 15.9. The van der Waals surface area contributed by atoms with Gasteiger partial charge in [-0.2, -0.15) is 5.10 Å². The van der Waals surface area contributed by atoms with Crippen molar-refractivity contribution in [1.29, 1.82) is 0 Å². The highest BCUT2D eigenvalue weighted by molar-refractivity contribution is 9.10. The van der Waals surface area contributed by atoms with Crippen LogP contribution in [-0.2, 0) is 4.74 Å². The lowest BCUT2D eigenvalue weighted by atomic mass is 9.96. The molecule has 1 amide bonds. The molecule has 1 aromatic heterocycles. The number of aromatic nitrogens is 2. The molecule has 3 aromatic rings. The van der Waals surface area contributed by atoms with Gasteiger partial charge in [0.1, 0.15) is 11.5 Å². The number of H-pyrrole nitrogens is 1. The molecular weight excluding hydrogens is 425 g/mol. The van der Waals surface area contributed by atoms with Gasteiger partial charge in [0.2, 0.25) is 0 Å². The van der Waals surface area contributed by atoms with Crippen LogP contribution in [0, 0.1) is 5.82 Å². The highest BCUT2D eigenvalue weighted by Gasteiger charge is 2.41. The maximum absolute atomic E-state index is 13.5. The van der Waals surface area contributed by atoms with Crippen molar-refractivity contribution >= 4 is 21.8 Å². The van der Waals surface area contributed by atoms with Crippen molar-refractivity contribution in [3.05, 3.63) is 75.6 Å². The van der Waals surface area contributed by atoms with Crippen molar-refractivity contribution in [1.82, 2.24) is 15.1 Å². The molecule has 28 heavy (non-hydrogen) atoms. The van der Waals surface area contributed by atoms with E-state index >= 15 is 0 Å². The molecule has 144 valence electrons. The van der Waals surface area contributed by atoms with Crippen molar-refractivity contribution in [2.24, 2.45) is 0 Å². The fraction of sp³-hybridized carbons (Fsp3) is 0.238. The number of hydrogen-bond donors (Lipinski definition) is 1. The number of carbonyl (C=O) groups excluding carboxylic acids is 1. The van der Waals surface area contributed by atoms with E-state index in [1.165, 1.54) is 12.1 Å². The largest absolute Gasteiger partial charge is 0.385 e. The number of benzene rings is 2. The van der Waals surface area contributed by atoms with Crippen molar-refractivity contribution in [3.8, 4) is 11.3 Å². The number of halogens is 2. The molecule has 7 heteroatoms. The zero-order chi connectivity index (χ0) is 19.7. The molecular formula is C21H19BrFN3O2. The first-order valence-corrected chi connectivity index (χ1v) is 9.79. The van der Waals surface area contributed by atoms with Crippen LogP contribution in [0.1, 0.15) is 34.1 Å². The fourth-order valence-corrected chi connectivity index (χ4v) is 3.89. The van der Waals surface area contributed by atoms with E-state index in [2.05, 4.69) is 26.1 Å². The fourth-order valence-electron chi connectivity index (χ4n) is 3.63. The van der Waals surface area contributed by atoms with Gasteiger partial charge in [-0.25, -0.2) is 4.39 Å². The van der Waals surface area contributed by atoms with E-state index in [1.54, 1.807) is 24.1 Å². The summed E-state index contributed by atoms with van der Waals surface area (Å²) >= 11 is 3.44. The minimum Gasteiger partial charge on any atom is -0.385 e. The van der Waals surface area contributed by atoms with Gasteiger partial charge in [0.25, 0.3) is 5.91 Å². The van der Waals surface area contributed by atoms with Crippen LogP contribution in [0.2, 0.25) is 0 Å². The molecule has 2 heterocycles. The SMILES string of the molecule is COCCCN1C(=O)c2[nH]nc(-c3ccc(Br)cc3)c2C1c1ccc(F)cc1. The Hall–Kier alpha value is -2.51. The highest BCUT2D eigenvalue weighted by atomic mass is 79.9. The number of hydrogen-bond acceptors (Lipinski definition) is 3. The van der Waals surface area contributed by atoms with E-state index in [4.69, 9.17) is 4.74 Å². The summed E-state index contributed by atoms with van der Waals surface area (Å²) in [6, 6.07) is 13.8. The van der Waals surface area contributed by atoms with E-state index in [0.717, 1.165) is 26.9 Å². The van der Waals surface area contributed by atoms with Crippen molar-refractivity contribution in [3.63, 3.8) is 0 Å². The summed E-state index contributed by atoms with van der Waals surface area (Å²) in [5, 5.41) is 7.35. The van der Waals surface area contributed by atoms with Gasteiger partial charge in [-0.1, -0.05) is 40.2 Å². The highest BCUT2D eigenvalue weighted by Crippen LogP contribution is 2.42. The van der Waals surface area contributed by atoms with Gasteiger partial charge in [-0.05, 0) is 36.2 Å². The number of nitrogens with zero attached hydrogens (tertiary/aromatic N) is 2. The lowest BCUT2D eigenvalue weighted by molar-refractivity contribution is 0.0723. The smallest absolute Gasteiger partial charge is 0.273 e. The summed E-state index contributed by atoms with van der Waals surface area (Å²) in [5.74, 6) is -0.407. The molecule has 1 aliphatic heterocycles. The number of ether oxygens (including phenoxy) is 1. The molecule has 1 unspecified atom stereocenters. The first-order chi connectivity index (χ1) is 13.6. The summed E-state index contributed by atoms with van der Waals surface area (Å²) in [6.45, 7) is 1.10.